The molecule has 0 aliphatic heterocycles. The van der Waals surface area contributed by atoms with E-state index in [1.807, 2.05) is 4.68 Å². The molecule has 14 heavy (non-hydrogen) atoms. The van der Waals surface area contributed by atoms with Gasteiger partial charge in [0.15, 0.2) is 5.75 Å². The highest BCUT2D eigenvalue weighted by Crippen LogP contribution is 2.20. The molecule has 80 valence electrons. The van der Waals surface area contributed by atoms with Gasteiger partial charge in [-0.2, -0.15) is 5.10 Å². The van der Waals surface area contributed by atoms with Crippen LogP contribution in [0.25, 0.3) is 0 Å². The predicted molar refractivity (Wildman–Crippen MR) is 57.3 cm³/mol. The zero-order valence-corrected chi connectivity index (χ0v) is 9.49. The van der Waals surface area contributed by atoms with E-state index in [0.29, 0.717) is 17.6 Å². The monoisotopic (exact) mass is 196 g/mol. The molecule has 0 aliphatic carbocycles. The molecule has 0 saturated heterocycles. The molecule has 3 heteroatoms. The van der Waals surface area contributed by atoms with Crippen LogP contribution in [-0.2, 0) is 13.0 Å². The summed E-state index contributed by atoms with van der Waals surface area (Å²) in [5.74, 6) is 1.43. The fraction of sp³-hybridized carbons (Fsp3) is 0.727. The minimum absolute atomic E-state index is 0.333. The van der Waals surface area contributed by atoms with Gasteiger partial charge in [-0.05, 0) is 18.3 Å². The van der Waals surface area contributed by atoms with Gasteiger partial charge in [0, 0.05) is 6.54 Å². The van der Waals surface area contributed by atoms with Crippen molar-refractivity contribution in [3.63, 3.8) is 0 Å². The molecule has 1 aromatic rings. The number of aromatic nitrogens is 2. The molecule has 0 unspecified atom stereocenters. The SMILES string of the molecule is CC(C)Cc1c(O)cnn1CC(C)C. The van der Waals surface area contributed by atoms with Crippen LogP contribution in [0.15, 0.2) is 6.20 Å². The van der Waals surface area contributed by atoms with Crippen molar-refractivity contribution in [2.45, 2.75) is 40.7 Å². The average molecular weight is 196 g/mol. The highest BCUT2D eigenvalue weighted by Gasteiger charge is 2.11. The molecule has 0 bridgehead atoms. The summed E-state index contributed by atoms with van der Waals surface area (Å²) in [6.45, 7) is 9.47. The number of hydrogen-bond donors (Lipinski definition) is 1. The highest BCUT2D eigenvalue weighted by atomic mass is 16.3. The molecule has 3 nitrogen and oxygen atoms in total. The Hall–Kier alpha value is -0.990. The summed E-state index contributed by atoms with van der Waals surface area (Å²) in [6.07, 6.45) is 2.43. The van der Waals surface area contributed by atoms with E-state index in [-0.39, 0.29) is 0 Å². The van der Waals surface area contributed by atoms with Gasteiger partial charge in [0.25, 0.3) is 0 Å². The zero-order valence-electron chi connectivity index (χ0n) is 9.49. The van der Waals surface area contributed by atoms with Gasteiger partial charge in [-0.1, -0.05) is 27.7 Å². The number of nitrogens with zero attached hydrogens (tertiary/aromatic N) is 2. The van der Waals surface area contributed by atoms with Crippen LogP contribution in [0.1, 0.15) is 33.4 Å². The first kappa shape index (κ1) is 11.1. The van der Waals surface area contributed by atoms with E-state index in [0.717, 1.165) is 18.7 Å². The molecule has 0 aromatic carbocycles. The zero-order chi connectivity index (χ0) is 10.7. The first-order valence-corrected chi connectivity index (χ1v) is 5.24. The van der Waals surface area contributed by atoms with Gasteiger partial charge in [-0.15, -0.1) is 0 Å². The van der Waals surface area contributed by atoms with Crippen molar-refractivity contribution in [3.05, 3.63) is 11.9 Å². The number of aromatic hydroxyl groups is 1. The second-order valence-electron chi connectivity index (χ2n) is 4.65. The molecule has 0 saturated carbocycles. The third-order valence-corrected chi connectivity index (χ3v) is 2.07. The van der Waals surface area contributed by atoms with E-state index < -0.39 is 0 Å². The fourth-order valence-electron chi connectivity index (χ4n) is 1.50. The lowest BCUT2D eigenvalue weighted by atomic mass is 10.1. The minimum Gasteiger partial charge on any atom is -0.504 e. The van der Waals surface area contributed by atoms with E-state index in [9.17, 15) is 5.11 Å². The second-order valence-corrected chi connectivity index (χ2v) is 4.65. The first-order chi connectivity index (χ1) is 6.50. The van der Waals surface area contributed by atoms with Crippen LogP contribution in [0.3, 0.4) is 0 Å². The van der Waals surface area contributed by atoms with Crippen molar-refractivity contribution in [2.75, 3.05) is 0 Å². The Morgan fingerprint density at radius 1 is 1.29 bits per heavy atom. The van der Waals surface area contributed by atoms with Gasteiger partial charge >= 0.3 is 0 Å². The largest absolute Gasteiger partial charge is 0.504 e. The molecule has 1 heterocycles. The Morgan fingerprint density at radius 3 is 2.43 bits per heavy atom. The molecule has 0 fully saturated rings. The molecular weight excluding hydrogens is 176 g/mol. The van der Waals surface area contributed by atoms with Gasteiger partial charge < -0.3 is 5.11 Å². The van der Waals surface area contributed by atoms with Crippen molar-refractivity contribution in [2.24, 2.45) is 11.8 Å². The Balaban J connectivity index is 2.82. The lowest BCUT2D eigenvalue weighted by Gasteiger charge is -2.11. The summed E-state index contributed by atoms with van der Waals surface area (Å²) in [7, 11) is 0. The quantitative estimate of drug-likeness (QED) is 0.803. The maximum Gasteiger partial charge on any atom is 0.156 e. The summed E-state index contributed by atoms with van der Waals surface area (Å²) in [5, 5.41) is 13.8. The summed E-state index contributed by atoms with van der Waals surface area (Å²) in [4.78, 5) is 0. The van der Waals surface area contributed by atoms with Crippen LogP contribution in [0, 0.1) is 11.8 Å². The Morgan fingerprint density at radius 2 is 1.93 bits per heavy atom. The number of hydrogen-bond acceptors (Lipinski definition) is 2. The topological polar surface area (TPSA) is 38.1 Å². The molecule has 0 radical (unpaired) electrons. The van der Waals surface area contributed by atoms with E-state index in [4.69, 9.17) is 0 Å². The van der Waals surface area contributed by atoms with Crippen LogP contribution >= 0.6 is 0 Å². The van der Waals surface area contributed by atoms with Crippen molar-refractivity contribution >= 4 is 0 Å². The lowest BCUT2D eigenvalue weighted by molar-refractivity contribution is 0.432. The lowest BCUT2D eigenvalue weighted by Crippen LogP contribution is -2.11. The average Bonchev–Trinajstić information content (AvgIpc) is 2.34. The summed E-state index contributed by atoms with van der Waals surface area (Å²) < 4.78 is 1.92. The van der Waals surface area contributed by atoms with E-state index >= 15 is 0 Å². The summed E-state index contributed by atoms with van der Waals surface area (Å²) in [6, 6.07) is 0. The standard InChI is InChI=1S/C11H20N2O/c1-8(2)5-10-11(14)6-12-13(10)7-9(3)4/h6,8-9,14H,5,7H2,1-4H3. The third kappa shape index (κ3) is 2.76. The van der Waals surface area contributed by atoms with E-state index in [1.54, 1.807) is 6.20 Å². The Labute approximate surface area is 85.8 Å². The second kappa shape index (κ2) is 4.49. The maximum absolute atomic E-state index is 9.61. The van der Waals surface area contributed by atoms with Crippen LogP contribution in [0.2, 0.25) is 0 Å². The molecule has 1 N–H and O–H groups in total. The van der Waals surface area contributed by atoms with E-state index in [1.165, 1.54) is 0 Å². The molecule has 0 aliphatic rings. The molecule has 0 spiro atoms. The van der Waals surface area contributed by atoms with Gasteiger partial charge in [0.05, 0.1) is 11.9 Å². The van der Waals surface area contributed by atoms with Crippen LogP contribution in [0.4, 0.5) is 0 Å². The third-order valence-electron chi connectivity index (χ3n) is 2.07. The Kier molecular flexibility index (Phi) is 3.55. The van der Waals surface area contributed by atoms with Crippen molar-refractivity contribution < 1.29 is 5.11 Å². The van der Waals surface area contributed by atoms with Crippen molar-refractivity contribution in [1.29, 1.82) is 0 Å². The normalized spacial score (nSPS) is 11.6. The van der Waals surface area contributed by atoms with Gasteiger partial charge in [-0.25, -0.2) is 0 Å². The van der Waals surface area contributed by atoms with Gasteiger partial charge in [0.1, 0.15) is 0 Å². The maximum atomic E-state index is 9.61. The minimum atomic E-state index is 0.333. The molecular formula is C11H20N2O. The van der Waals surface area contributed by atoms with Gasteiger partial charge in [0.2, 0.25) is 0 Å². The highest BCUT2D eigenvalue weighted by molar-refractivity contribution is 5.23. The molecule has 1 aromatic heterocycles. The Bertz CT molecular complexity index is 289. The number of rotatable bonds is 4. The van der Waals surface area contributed by atoms with Crippen molar-refractivity contribution in [3.8, 4) is 5.75 Å². The van der Waals surface area contributed by atoms with Crippen LogP contribution in [0.5, 0.6) is 5.75 Å². The fourth-order valence-corrected chi connectivity index (χ4v) is 1.50. The van der Waals surface area contributed by atoms with Crippen molar-refractivity contribution in [1.82, 2.24) is 9.78 Å². The van der Waals surface area contributed by atoms with Gasteiger partial charge in [-0.3, -0.25) is 4.68 Å². The van der Waals surface area contributed by atoms with E-state index in [2.05, 4.69) is 32.8 Å². The summed E-state index contributed by atoms with van der Waals surface area (Å²) >= 11 is 0. The molecule has 1 rings (SSSR count). The smallest absolute Gasteiger partial charge is 0.156 e. The molecule has 0 amide bonds. The van der Waals surface area contributed by atoms with Crippen LogP contribution < -0.4 is 0 Å². The molecule has 0 atom stereocenters. The van der Waals surface area contributed by atoms with Crippen LogP contribution in [-0.4, -0.2) is 14.9 Å². The first-order valence-electron chi connectivity index (χ1n) is 5.24. The summed E-state index contributed by atoms with van der Waals surface area (Å²) in [5.41, 5.74) is 0.966. The predicted octanol–water partition coefficient (Wildman–Crippen LogP) is 2.44.